The Hall–Kier alpha value is -0.130. The van der Waals surface area contributed by atoms with E-state index in [1.165, 1.54) is 12.8 Å². The molecule has 0 aromatic rings. The van der Waals surface area contributed by atoms with E-state index in [1.54, 1.807) is 0 Å². The van der Waals surface area contributed by atoms with Crippen molar-refractivity contribution in [2.45, 2.75) is 32.6 Å². The highest BCUT2D eigenvalue weighted by Crippen LogP contribution is 2.36. The van der Waals surface area contributed by atoms with Crippen molar-refractivity contribution < 1.29 is 8.42 Å². The van der Waals surface area contributed by atoms with Crippen molar-refractivity contribution >= 4 is 10.0 Å². The Labute approximate surface area is 86.3 Å². The number of nitrogens with two attached hydrogens (primary N) is 1. The third kappa shape index (κ3) is 3.55. The summed E-state index contributed by atoms with van der Waals surface area (Å²) in [5.74, 6) is 0.0308. The van der Waals surface area contributed by atoms with E-state index in [4.69, 9.17) is 5.73 Å². The molecule has 0 atom stereocenters. The molecule has 1 saturated carbocycles. The van der Waals surface area contributed by atoms with Crippen molar-refractivity contribution in [3.05, 3.63) is 0 Å². The fourth-order valence-electron chi connectivity index (χ4n) is 1.92. The first-order valence-electron chi connectivity index (χ1n) is 5.15. The third-order valence-electron chi connectivity index (χ3n) is 2.92. The topological polar surface area (TPSA) is 72.2 Å². The van der Waals surface area contributed by atoms with Crippen molar-refractivity contribution in [1.82, 2.24) is 4.72 Å². The first-order chi connectivity index (χ1) is 6.47. The predicted molar refractivity (Wildman–Crippen MR) is 57.4 cm³/mol. The quantitative estimate of drug-likeness (QED) is 0.706. The van der Waals surface area contributed by atoms with Crippen LogP contribution in [-0.2, 0) is 10.0 Å². The van der Waals surface area contributed by atoms with Gasteiger partial charge in [0.1, 0.15) is 0 Å². The molecule has 1 aliphatic rings. The Balaban J connectivity index is 2.39. The standard InChI is InChI=1S/C9H20N2O2S/c1-9(4-2-3-5-9)8-11-14(12,13)7-6-10/h11H,2-8,10H2,1H3. The number of nitrogens with one attached hydrogen (secondary N) is 1. The molecule has 0 saturated heterocycles. The molecule has 0 unspecified atom stereocenters. The fourth-order valence-corrected chi connectivity index (χ4v) is 2.94. The van der Waals surface area contributed by atoms with Gasteiger partial charge in [-0.1, -0.05) is 19.8 Å². The van der Waals surface area contributed by atoms with Crippen LogP contribution in [0.1, 0.15) is 32.6 Å². The van der Waals surface area contributed by atoms with E-state index >= 15 is 0 Å². The van der Waals surface area contributed by atoms with Gasteiger partial charge in [0.15, 0.2) is 0 Å². The molecule has 0 aromatic carbocycles. The van der Waals surface area contributed by atoms with Gasteiger partial charge in [-0.2, -0.15) is 0 Å². The maximum absolute atomic E-state index is 11.3. The Morgan fingerprint density at radius 3 is 2.43 bits per heavy atom. The SMILES string of the molecule is CC1(CNS(=O)(=O)CCN)CCCC1. The van der Waals surface area contributed by atoms with Crippen LogP contribution in [0.25, 0.3) is 0 Å². The second kappa shape index (κ2) is 4.59. The highest BCUT2D eigenvalue weighted by molar-refractivity contribution is 7.89. The molecule has 0 aromatic heterocycles. The highest BCUT2D eigenvalue weighted by Gasteiger charge is 2.29. The largest absolute Gasteiger partial charge is 0.329 e. The van der Waals surface area contributed by atoms with E-state index in [-0.39, 0.29) is 17.7 Å². The smallest absolute Gasteiger partial charge is 0.212 e. The molecule has 14 heavy (non-hydrogen) atoms. The normalized spacial score (nSPS) is 21.3. The maximum atomic E-state index is 11.3. The van der Waals surface area contributed by atoms with Gasteiger partial charge >= 0.3 is 0 Å². The van der Waals surface area contributed by atoms with Crippen molar-refractivity contribution in [3.8, 4) is 0 Å². The molecule has 5 heteroatoms. The van der Waals surface area contributed by atoms with E-state index in [9.17, 15) is 8.42 Å². The summed E-state index contributed by atoms with van der Waals surface area (Å²) in [4.78, 5) is 0. The first-order valence-corrected chi connectivity index (χ1v) is 6.80. The molecular formula is C9H20N2O2S. The molecule has 0 heterocycles. The first kappa shape index (κ1) is 11.9. The van der Waals surface area contributed by atoms with E-state index in [2.05, 4.69) is 11.6 Å². The van der Waals surface area contributed by atoms with Crippen molar-refractivity contribution in [1.29, 1.82) is 0 Å². The van der Waals surface area contributed by atoms with E-state index < -0.39 is 10.0 Å². The number of rotatable bonds is 5. The third-order valence-corrected chi connectivity index (χ3v) is 4.27. The van der Waals surface area contributed by atoms with Crippen LogP contribution in [0, 0.1) is 5.41 Å². The van der Waals surface area contributed by atoms with Crippen LogP contribution in [0.2, 0.25) is 0 Å². The molecule has 4 nitrogen and oxygen atoms in total. The Morgan fingerprint density at radius 1 is 1.36 bits per heavy atom. The lowest BCUT2D eigenvalue weighted by Crippen LogP contribution is -2.37. The van der Waals surface area contributed by atoms with Crippen LogP contribution in [0.3, 0.4) is 0 Å². The lowest BCUT2D eigenvalue weighted by molar-refractivity contribution is 0.336. The molecule has 0 bridgehead atoms. The van der Waals surface area contributed by atoms with Gasteiger partial charge < -0.3 is 5.73 Å². The minimum absolute atomic E-state index is 0.0308. The average Bonchev–Trinajstić information content (AvgIpc) is 2.50. The molecule has 0 radical (unpaired) electrons. The molecule has 0 aliphatic heterocycles. The number of hydrogen-bond acceptors (Lipinski definition) is 3. The lowest BCUT2D eigenvalue weighted by Gasteiger charge is -2.23. The summed E-state index contributed by atoms with van der Waals surface area (Å²) in [5.41, 5.74) is 5.38. The summed E-state index contributed by atoms with van der Waals surface area (Å²) >= 11 is 0. The molecule has 0 spiro atoms. The van der Waals surface area contributed by atoms with Gasteiger partial charge in [0, 0.05) is 13.1 Å². The van der Waals surface area contributed by atoms with Gasteiger partial charge in [-0.15, -0.1) is 0 Å². The Morgan fingerprint density at radius 2 is 1.93 bits per heavy atom. The highest BCUT2D eigenvalue weighted by atomic mass is 32.2. The van der Waals surface area contributed by atoms with Gasteiger partial charge in [-0.3, -0.25) is 0 Å². The Bertz CT molecular complexity index is 269. The number of hydrogen-bond donors (Lipinski definition) is 2. The predicted octanol–water partition coefficient (Wildman–Crippen LogP) is 0.445. The molecule has 1 aliphatic carbocycles. The minimum Gasteiger partial charge on any atom is -0.329 e. The summed E-state index contributed by atoms with van der Waals surface area (Å²) in [6, 6.07) is 0. The zero-order valence-corrected chi connectivity index (χ0v) is 9.57. The molecule has 3 N–H and O–H groups in total. The molecule has 1 fully saturated rings. The van der Waals surface area contributed by atoms with Crippen LogP contribution in [0.4, 0.5) is 0 Å². The molecular weight excluding hydrogens is 200 g/mol. The molecule has 84 valence electrons. The molecule has 1 rings (SSSR count). The van der Waals surface area contributed by atoms with E-state index in [0.717, 1.165) is 12.8 Å². The van der Waals surface area contributed by atoms with E-state index in [1.807, 2.05) is 0 Å². The molecule has 0 amide bonds. The van der Waals surface area contributed by atoms with Crippen molar-refractivity contribution in [2.75, 3.05) is 18.8 Å². The zero-order chi connectivity index (χ0) is 10.7. The van der Waals surface area contributed by atoms with Gasteiger partial charge in [-0.25, -0.2) is 13.1 Å². The fraction of sp³-hybridized carbons (Fsp3) is 1.00. The summed E-state index contributed by atoms with van der Waals surface area (Å²) in [6.45, 7) is 2.90. The van der Waals surface area contributed by atoms with Gasteiger partial charge in [-0.05, 0) is 18.3 Å². The second-order valence-corrected chi connectivity index (χ2v) is 6.37. The van der Waals surface area contributed by atoms with Crippen LogP contribution < -0.4 is 10.5 Å². The lowest BCUT2D eigenvalue weighted by atomic mass is 9.89. The summed E-state index contributed by atoms with van der Waals surface area (Å²) in [5, 5.41) is 0. The van der Waals surface area contributed by atoms with E-state index in [0.29, 0.717) is 6.54 Å². The van der Waals surface area contributed by atoms with Gasteiger partial charge in [0.2, 0.25) is 10.0 Å². The van der Waals surface area contributed by atoms with Gasteiger partial charge in [0.25, 0.3) is 0 Å². The summed E-state index contributed by atoms with van der Waals surface area (Å²) in [7, 11) is -3.13. The average molecular weight is 220 g/mol. The van der Waals surface area contributed by atoms with Crippen LogP contribution in [0.15, 0.2) is 0 Å². The Kier molecular flexibility index (Phi) is 3.92. The maximum Gasteiger partial charge on any atom is 0.212 e. The van der Waals surface area contributed by atoms with Crippen LogP contribution in [0.5, 0.6) is 0 Å². The van der Waals surface area contributed by atoms with Crippen LogP contribution >= 0.6 is 0 Å². The summed E-state index contributed by atoms with van der Waals surface area (Å²) < 4.78 is 25.3. The minimum atomic E-state index is -3.13. The van der Waals surface area contributed by atoms with Crippen molar-refractivity contribution in [2.24, 2.45) is 11.1 Å². The van der Waals surface area contributed by atoms with Crippen molar-refractivity contribution in [3.63, 3.8) is 0 Å². The number of sulfonamides is 1. The van der Waals surface area contributed by atoms with Gasteiger partial charge in [0.05, 0.1) is 5.75 Å². The van der Waals surface area contributed by atoms with Crippen LogP contribution in [-0.4, -0.2) is 27.3 Å². The summed E-state index contributed by atoms with van der Waals surface area (Å²) in [6.07, 6.45) is 4.68. The zero-order valence-electron chi connectivity index (χ0n) is 8.75. The second-order valence-electron chi connectivity index (χ2n) is 4.45. The monoisotopic (exact) mass is 220 g/mol.